The molecule has 0 aromatic heterocycles. The molecule has 13 heavy (non-hydrogen) atoms. The normalized spacial score (nSPS) is 10.6. The van der Waals surface area contributed by atoms with Crippen LogP contribution < -0.4 is 0 Å². The predicted octanol–water partition coefficient (Wildman–Crippen LogP) is 3.53. The second-order valence-electron chi connectivity index (χ2n) is 2.90. The van der Waals surface area contributed by atoms with Crippen molar-refractivity contribution in [3.8, 4) is 0 Å². The minimum atomic E-state index is -0.175. The molecule has 0 aliphatic carbocycles. The van der Waals surface area contributed by atoms with E-state index in [1.807, 2.05) is 36.4 Å². The number of rotatable bonds is 1. The van der Waals surface area contributed by atoms with Gasteiger partial charge in [0.05, 0.1) is 0 Å². The van der Waals surface area contributed by atoms with Crippen molar-refractivity contribution in [2.75, 3.05) is 0 Å². The first kappa shape index (κ1) is 8.73. The summed E-state index contributed by atoms with van der Waals surface area (Å²) in [6.07, 6.45) is 0. The van der Waals surface area contributed by atoms with Crippen molar-refractivity contribution >= 4 is 26.7 Å². The lowest BCUT2D eigenvalue weighted by Crippen LogP contribution is -1.84. The van der Waals surface area contributed by atoms with E-state index in [0.717, 1.165) is 20.8 Å². The van der Waals surface area contributed by atoms with Gasteiger partial charge in [-0.25, -0.2) is 5.11 Å². The Labute approximate surface area is 85.1 Å². The summed E-state index contributed by atoms with van der Waals surface area (Å²) in [7, 11) is 0. The van der Waals surface area contributed by atoms with E-state index in [9.17, 15) is 5.11 Å². The van der Waals surface area contributed by atoms with Gasteiger partial charge >= 0.3 is 0 Å². The van der Waals surface area contributed by atoms with E-state index in [-0.39, 0.29) is 6.61 Å². The number of halogens is 1. The molecule has 0 bridgehead atoms. The van der Waals surface area contributed by atoms with Gasteiger partial charge in [-0.05, 0) is 32.3 Å². The molecular weight excluding hydrogens is 228 g/mol. The van der Waals surface area contributed by atoms with Crippen LogP contribution >= 0.6 is 15.9 Å². The Kier molecular flexibility index (Phi) is 2.34. The second-order valence-corrected chi connectivity index (χ2v) is 3.70. The van der Waals surface area contributed by atoms with Crippen LogP contribution in [0.2, 0.25) is 0 Å². The molecule has 1 radical (unpaired) electrons. The maximum absolute atomic E-state index is 10.8. The summed E-state index contributed by atoms with van der Waals surface area (Å²) in [6.45, 7) is -0.175. The van der Waals surface area contributed by atoms with Gasteiger partial charge in [0, 0.05) is 4.47 Å². The number of hydrogen-bond donors (Lipinski definition) is 0. The van der Waals surface area contributed by atoms with E-state index < -0.39 is 0 Å². The summed E-state index contributed by atoms with van der Waals surface area (Å²) in [5.41, 5.74) is 0.818. The molecule has 0 N–H and O–H groups in total. The lowest BCUT2D eigenvalue weighted by molar-refractivity contribution is 0.177. The van der Waals surface area contributed by atoms with Crippen LogP contribution in [0.25, 0.3) is 10.8 Å². The minimum Gasteiger partial charge on any atom is -0.232 e. The third-order valence-electron chi connectivity index (χ3n) is 2.10. The molecular formula is C11H8BrO. The average Bonchev–Trinajstić information content (AvgIpc) is 2.19. The number of benzene rings is 2. The zero-order chi connectivity index (χ0) is 9.26. The zero-order valence-electron chi connectivity index (χ0n) is 6.96. The minimum absolute atomic E-state index is 0.175. The van der Waals surface area contributed by atoms with Crippen LogP contribution in [0.15, 0.2) is 40.9 Å². The first-order valence-corrected chi connectivity index (χ1v) is 4.86. The summed E-state index contributed by atoms with van der Waals surface area (Å²) < 4.78 is 0.931. The quantitative estimate of drug-likeness (QED) is 0.721. The van der Waals surface area contributed by atoms with Crippen LogP contribution in [0.4, 0.5) is 0 Å². The van der Waals surface area contributed by atoms with Crippen molar-refractivity contribution in [3.05, 3.63) is 46.4 Å². The van der Waals surface area contributed by atoms with E-state index in [1.165, 1.54) is 0 Å². The highest BCUT2D eigenvalue weighted by Crippen LogP contribution is 2.27. The molecule has 2 aromatic carbocycles. The van der Waals surface area contributed by atoms with Crippen LogP contribution in [0.3, 0.4) is 0 Å². The summed E-state index contributed by atoms with van der Waals surface area (Å²) in [5, 5.41) is 13.0. The molecule has 0 saturated carbocycles. The maximum atomic E-state index is 10.8. The Morgan fingerprint density at radius 1 is 1.08 bits per heavy atom. The molecule has 0 aliphatic heterocycles. The molecule has 1 nitrogen and oxygen atoms in total. The van der Waals surface area contributed by atoms with Gasteiger partial charge in [-0.15, -0.1) is 0 Å². The maximum Gasteiger partial charge on any atom is 0.108 e. The van der Waals surface area contributed by atoms with Gasteiger partial charge in [0.25, 0.3) is 0 Å². The second kappa shape index (κ2) is 3.48. The highest BCUT2D eigenvalue weighted by molar-refractivity contribution is 9.10. The fraction of sp³-hybridized carbons (Fsp3) is 0.0909. The van der Waals surface area contributed by atoms with Gasteiger partial charge in [0.2, 0.25) is 0 Å². The first-order chi connectivity index (χ1) is 6.33. The van der Waals surface area contributed by atoms with Crippen LogP contribution in [0, 0.1) is 0 Å². The Morgan fingerprint density at radius 2 is 1.85 bits per heavy atom. The molecule has 0 saturated heterocycles. The third-order valence-corrected chi connectivity index (χ3v) is 3.04. The molecule has 0 heterocycles. The fourth-order valence-corrected chi connectivity index (χ4v) is 2.00. The molecule has 0 amide bonds. The van der Waals surface area contributed by atoms with Crippen molar-refractivity contribution in [3.63, 3.8) is 0 Å². The van der Waals surface area contributed by atoms with E-state index in [0.29, 0.717) is 0 Å². The van der Waals surface area contributed by atoms with Crippen molar-refractivity contribution < 1.29 is 5.11 Å². The topological polar surface area (TPSA) is 19.9 Å². The van der Waals surface area contributed by atoms with Gasteiger partial charge in [-0.1, -0.05) is 36.4 Å². The van der Waals surface area contributed by atoms with Gasteiger partial charge in [-0.2, -0.15) is 0 Å². The lowest BCUT2D eigenvalue weighted by atomic mass is 10.1. The smallest absolute Gasteiger partial charge is 0.108 e. The highest BCUT2D eigenvalue weighted by atomic mass is 79.9. The lowest BCUT2D eigenvalue weighted by Gasteiger charge is -2.03. The Morgan fingerprint density at radius 3 is 2.62 bits per heavy atom. The van der Waals surface area contributed by atoms with E-state index in [4.69, 9.17) is 0 Å². The van der Waals surface area contributed by atoms with Gasteiger partial charge < -0.3 is 0 Å². The molecule has 65 valence electrons. The Bertz CT molecular complexity index is 437. The third kappa shape index (κ3) is 1.47. The van der Waals surface area contributed by atoms with Crippen molar-refractivity contribution in [2.45, 2.75) is 6.61 Å². The van der Waals surface area contributed by atoms with Crippen LogP contribution in [-0.2, 0) is 11.7 Å². The fourth-order valence-electron chi connectivity index (χ4n) is 1.39. The Balaban J connectivity index is 2.79. The van der Waals surface area contributed by atoms with Crippen LogP contribution in [0.5, 0.6) is 0 Å². The van der Waals surface area contributed by atoms with Gasteiger partial charge in [0.1, 0.15) is 6.61 Å². The molecule has 2 rings (SSSR count). The monoisotopic (exact) mass is 235 g/mol. The van der Waals surface area contributed by atoms with Gasteiger partial charge in [-0.3, -0.25) is 0 Å². The predicted molar refractivity (Wildman–Crippen MR) is 56.0 cm³/mol. The SMILES string of the molecule is [O]Cc1ccc2ccccc2c1Br. The number of fused-ring (bicyclic) bond motifs is 1. The molecule has 0 aliphatic rings. The number of hydrogen-bond acceptors (Lipinski definition) is 0. The Hall–Kier alpha value is -0.860. The molecule has 0 unspecified atom stereocenters. The summed E-state index contributed by atoms with van der Waals surface area (Å²) in [5.74, 6) is 0. The van der Waals surface area contributed by atoms with Gasteiger partial charge in [0.15, 0.2) is 0 Å². The van der Waals surface area contributed by atoms with E-state index >= 15 is 0 Å². The largest absolute Gasteiger partial charge is 0.232 e. The standard InChI is InChI=1S/C11H8BrO/c12-11-9(7-13)6-5-8-3-1-2-4-10(8)11/h1-6H,7H2. The molecule has 0 atom stereocenters. The van der Waals surface area contributed by atoms with Crippen molar-refractivity contribution in [1.29, 1.82) is 0 Å². The summed E-state index contributed by atoms with van der Waals surface area (Å²) >= 11 is 3.44. The van der Waals surface area contributed by atoms with E-state index in [2.05, 4.69) is 15.9 Å². The molecule has 2 aromatic rings. The van der Waals surface area contributed by atoms with Crippen LogP contribution in [-0.4, -0.2) is 0 Å². The molecule has 2 heteroatoms. The first-order valence-electron chi connectivity index (χ1n) is 4.07. The van der Waals surface area contributed by atoms with Crippen LogP contribution in [0.1, 0.15) is 5.56 Å². The highest BCUT2D eigenvalue weighted by Gasteiger charge is 2.02. The average molecular weight is 236 g/mol. The summed E-state index contributed by atoms with van der Waals surface area (Å²) in [4.78, 5) is 0. The molecule has 0 spiro atoms. The van der Waals surface area contributed by atoms with E-state index in [1.54, 1.807) is 0 Å². The van der Waals surface area contributed by atoms with Crippen molar-refractivity contribution in [2.24, 2.45) is 0 Å². The molecule has 0 fully saturated rings. The zero-order valence-corrected chi connectivity index (χ0v) is 8.54. The van der Waals surface area contributed by atoms with Crippen molar-refractivity contribution in [1.82, 2.24) is 0 Å². The summed E-state index contributed by atoms with van der Waals surface area (Å²) in [6, 6.07) is 11.9.